The fourth-order valence-electron chi connectivity index (χ4n) is 3.99. The van der Waals surface area contributed by atoms with Gasteiger partial charge in [0.2, 0.25) is 0 Å². The summed E-state index contributed by atoms with van der Waals surface area (Å²) in [5.74, 6) is -1.13. The lowest BCUT2D eigenvalue weighted by Gasteiger charge is -2.26. The van der Waals surface area contributed by atoms with Crippen molar-refractivity contribution in [2.75, 3.05) is 11.9 Å². The number of carbonyl (C=O) groups is 1. The molecule has 1 saturated carbocycles. The fraction of sp³-hybridized carbons (Fsp3) is 0.250. The molecule has 0 radical (unpaired) electrons. The topological polar surface area (TPSA) is 62.5 Å². The molecule has 25 heavy (non-hydrogen) atoms. The Kier molecular flexibility index (Phi) is 2.82. The van der Waals surface area contributed by atoms with Gasteiger partial charge in [-0.3, -0.25) is 0 Å². The van der Waals surface area contributed by atoms with Crippen LogP contribution in [0.5, 0.6) is 0 Å². The highest BCUT2D eigenvalue weighted by molar-refractivity contribution is 6.09. The van der Waals surface area contributed by atoms with Crippen LogP contribution in [0.4, 0.5) is 10.1 Å². The van der Waals surface area contributed by atoms with Gasteiger partial charge in [0.15, 0.2) is 0 Å². The first kappa shape index (κ1) is 14.5. The first-order chi connectivity index (χ1) is 12.1. The minimum Gasteiger partial charge on any atom is -0.478 e. The molecule has 2 heterocycles. The maximum Gasteiger partial charge on any atom is 0.340 e. The van der Waals surface area contributed by atoms with E-state index in [1.807, 2.05) is 12.1 Å². The zero-order chi connectivity index (χ0) is 17.2. The van der Waals surface area contributed by atoms with E-state index in [9.17, 15) is 14.3 Å². The monoisotopic (exact) mass is 337 g/mol. The summed E-state index contributed by atoms with van der Waals surface area (Å²) in [6.45, 7) is 0.926. The van der Waals surface area contributed by atoms with E-state index in [4.69, 9.17) is 4.42 Å². The molecular weight excluding hydrogens is 321 g/mol. The maximum atomic E-state index is 13.2. The van der Waals surface area contributed by atoms with Gasteiger partial charge in [0.1, 0.15) is 22.7 Å². The summed E-state index contributed by atoms with van der Waals surface area (Å²) < 4.78 is 19.1. The number of rotatable bonds is 2. The minimum atomic E-state index is -1.04. The number of aromatic carboxylic acids is 1. The minimum absolute atomic E-state index is 0.144. The lowest BCUT2D eigenvalue weighted by molar-refractivity contribution is 0.0699. The van der Waals surface area contributed by atoms with Gasteiger partial charge in [0.05, 0.1) is 0 Å². The third kappa shape index (κ3) is 2.08. The number of anilines is 1. The molecule has 1 spiro atoms. The average Bonchev–Trinajstić information content (AvgIpc) is 3.26. The summed E-state index contributed by atoms with van der Waals surface area (Å²) in [6, 6.07) is 9.58. The molecular formula is C20H16FNO3. The van der Waals surface area contributed by atoms with Crippen LogP contribution in [0.1, 0.15) is 35.2 Å². The van der Waals surface area contributed by atoms with Crippen LogP contribution < -0.4 is 5.32 Å². The molecule has 0 saturated heterocycles. The zero-order valence-electron chi connectivity index (χ0n) is 13.4. The molecule has 0 bridgehead atoms. The molecule has 1 aromatic heterocycles. The molecule has 0 unspecified atom stereocenters. The number of hydrogen-bond donors (Lipinski definition) is 2. The largest absolute Gasteiger partial charge is 0.478 e. The molecule has 4 nitrogen and oxygen atoms in total. The van der Waals surface area contributed by atoms with Gasteiger partial charge in [-0.25, -0.2) is 9.18 Å². The number of furan rings is 1. The Morgan fingerprint density at radius 2 is 1.92 bits per heavy atom. The summed E-state index contributed by atoms with van der Waals surface area (Å²) in [5.41, 5.74) is 3.68. The highest BCUT2D eigenvalue weighted by Crippen LogP contribution is 2.56. The molecule has 5 heteroatoms. The van der Waals surface area contributed by atoms with Crippen molar-refractivity contribution in [3.05, 3.63) is 53.3 Å². The second-order valence-electron chi connectivity index (χ2n) is 6.97. The van der Waals surface area contributed by atoms with Crippen molar-refractivity contribution in [3.63, 3.8) is 0 Å². The average molecular weight is 337 g/mol. The van der Waals surface area contributed by atoms with Crippen molar-refractivity contribution < 1.29 is 18.7 Å². The van der Waals surface area contributed by atoms with Crippen LogP contribution in [0.15, 0.2) is 40.8 Å². The molecule has 1 aliphatic heterocycles. The molecule has 2 N–H and O–H groups in total. The number of benzene rings is 2. The lowest BCUT2D eigenvalue weighted by Crippen LogP contribution is -2.21. The zero-order valence-corrected chi connectivity index (χ0v) is 13.4. The number of halogens is 1. The Labute approximate surface area is 143 Å². The SMILES string of the molecule is O=C(O)c1c(-c2ccc(F)cc2)oc2cc3c(cc12)C1(CCN3)CC1. The van der Waals surface area contributed by atoms with Crippen LogP contribution in [0, 0.1) is 5.82 Å². The highest BCUT2D eigenvalue weighted by Gasteiger charge is 2.47. The summed E-state index contributed by atoms with van der Waals surface area (Å²) in [4.78, 5) is 11.9. The van der Waals surface area contributed by atoms with Crippen molar-refractivity contribution in [2.45, 2.75) is 24.7 Å². The smallest absolute Gasteiger partial charge is 0.340 e. The summed E-state index contributed by atoms with van der Waals surface area (Å²) in [6.07, 6.45) is 3.38. The van der Waals surface area contributed by atoms with Crippen molar-refractivity contribution in [1.29, 1.82) is 0 Å². The van der Waals surface area contributed by atoms with Crippen LogP contribution in [0.3, 0.4) is 0 Å². The predicted octanol–water partition coefficient (Wildman–Crippen LogP) is 4.78. The summed E-state index contributed by atoms with van der Waals surface area (Å²) in [7, 11) is 0. The molecule has 0 atom stereocenters. The highest BCUT2D eigenvalue weighted by atomic mass is 19.1. The van der Waals surface area contributed by atoms with E-state index in [1.54, 1.807) is 12.1 Å². The molecule has 2 aromatic carbocycles. The van der Waals surface area contributed by atoms with Gasteiger partial charge in [-0.05, 0) is 60.6 Å². The van der Waals surface area contributed by atoms with Crippen molar-refractivity contribution in [2.24, 2.45) is 0 Å². The van der Waals surface area contributed by atoms with E-state index >= 15 is 0 Å². The van der Waals surface area contributed by atoms with Gasteiger partial charge in [0.25, 0.3) is 0 Å². The number of nitrogens with one attached hydrogen (secondary N) is 1. The molecule has 3 aromatic rings. The van der Waals surface area contributed by atoms with Gasteiger partial charge in [0, 0.05) is 29.2 Å². The van der Waals surface area contributed by atoms with Crippen LogP contribution in [-0.4, -0.2) is 17.6 Å². The van der Waals surface area contributed by atoms with Gasteiger partial charge >= 0.3 is 5.97 Å². The molecule has 2 aliphatic rings. The Bertz CT molecular complexity index is 1020. The third-order valence-electron chi connectivity index (χ3n) is 5.49. The second kappa shape index (κ2) is 4.85. The first-order valence-corrected chi connectivity index (χ1v) is 8.42. The number of carboxylic acid groups (broad SMARTS) is 1. The standard InChI is InChI=1S/C20H16FNO3/c21-12-3-1-11(2-4-12)18-17(19(23)24)13-9-14-15(10-16(13)25-18)22-8-7-20(14)5-6-20/h1-4,9-10,22H,5-8H2,(H,23,24). The first-order valence-electron chi connectivity index (χ1n) is 8.42. The van der Waals surface area contributed by atoms with E-state index in [-0.39, 0.29) is 22.6 Å². The summed E-state index contributed by atoms with van der Waals surface area (Å²) >= 11 is 0. The quantitative estimate of drug-likeness (QED) is 0.706. The van der Waals surface area contributed by atoms with E-state index in [1.165, 1.54) is 17.7 Å². The van der Waals surface area contributed by atoms with Crippen LogP contribution in [-0.2, 0) is 5.41 Å². The van der Waals surface area contributed by atoms with E-state index in [0.717, 1.165) is 31.5 Å². The van der Waals surface area contributed by atoms with Gasteiger partial charge in [-0.2, -0.15) is 0 Å². The Hall–Kier alpha value is -2.82. The molecule has 0 amide bonds. The van der Waals surface area contributed by atoms with Crippen LogP contribution in [0.2, 0.25) is 0 Å². The Morgan fingerprint density at radius 1 is 1.16 bits per heavy atom. The number of fused-ring (bicyclic) bond motifs is 3. The number of carboxylic acids is 1. The molecule has 5 rings (SSSR count). The predicted molar refractivity (Wildman–Crippen MR) is 92.6 cm³/mol. The fourth-order valence-corrected chi connectivity index (χ4v) is 3.99. The Morgan fingerprint density at radius 3 is 2.60 bits per heavy atom. The normalized spacial score (nSPS) is 17.3. The lowest BCUT2D eigenvalue weighted by atomic mass is 9.86. The van der Waals surface area contributed by atoms with Crippen LogP contribution in [0.25, 0.3) is 22.3 Å². The maximum absolute atomic E-state index is 13.2. The third-order valence-corrected chi connectivity index (χ3v) is 5.49. The summed E-state index contributed by atoms with van der Waals surface area (Å²) in [5, 5.41) is 13.8. The number of hydrogen-bond acceptors (Lipinski definition) is 3. The van der Waals surface area contributed by atoms with E-state index < -0.39 is 5.97 Å². The van der Waals surface area contributed by atoms with E-state index in [0.29, 0.717) is 16.5 Å². The molecule has 126 valence electrons. The Balaban J connectivity index is 1.78. The van der Waals surface area contributed by atoms with E-state index in [2.05, 4.69) is 5.32 Å². The van der Waals surface area contributed by atoms with Gasteiger partial charge in [-0.1, -0.05) is 0 Å². The van der Waals surface area contributed by atoms with Crippen molar-refractivity contribution >= 4 is 22.6 Å². The molecule has 1 fully saturated rings. The molecule has 1 aliphatic carbocycles. The van der Waals surface area contributed by atoms with Crippen molar-refractivity contribution in [1.82, 2.24) is 0 Å². The second-order valence-corrected chi connectivity index (χ2v) is 6.97. The van der Waals surface area contributed by atoms with Gasteiger partial charge < -0.3 is 14.8 Å². The van der Waals surface area contributed by atoms with Crippen LogP contribution >= 0.6 is 0 Å². The van der Waals surface area contributed by atoms with Crippen molar-refractivity contribution in [3.8, 4) is 11.3 Å². The van der Waals surface area contributed by atoms with Gasteiger partial charge in [-0.15, -0.1) is 0 Å².